The van der Waals surface area contributed by atoms with Crippen LogP contribution in [-0.2, 0) is 14.8 Å². The van der Waals surface area contributed by atoms with Crippen LogP contribution in [-0.4, -0.2) is 26.2 Å². The highest BCUT2D eigenvalue weighted by atomic mass is 79.9. The molecule has 1 saturated heterocycles. The lowest BCUT2D eigenvalue weighted by Gasteiger charge is -2.20. The highest BCUT2D eigenvalue weighted by molar-refractivity contribution is 9.10. The second kappa shape index (κ2) is 7.97. The lowest BCUT2D eigenvalue weighted by molar-refractivity contribution is -0.119. The van der Waals surface area contributed by atoms with E-state index in [0.717, 1.165) is 15.6 Å². The minimum Gasteiger partial charge on any atom is -0.326 e. The van der Waals surface area contributed by atoms with Crippen LogP contribution in [0, 0.1) is 19.8 Å². The van der Waals surface area contributed by atoms with Crippen LogP contribution >= 0.6 is 15.9 Å². The quantitative estimate of drug-likeness (QED) is 0.558. The zero-order chi connectivity index (χ0) is 19.6. The Labute approximate surface area is 167 Å². The highest BCUT2D eigenvalue weighted by Gasteiger charge is 2.41. The first kappa shape index (κ1) is 19.8. The number of anilines is 2. The molecule has 1 heterocycles. The van der Waals surface area contributed by atoms with Gasteiger partial charge in [0.25, 0.3) is 10.0 Å². The third-order valence-electron chi connectivity index (χ3n) is 4.20. The average molecular weight is 453 g/mol. The van der Waals surface area contributed by atoms with Crippen LogP contribution in [0.5, 0.6) is 0 Å². The molecular weight excluding hydrogens is 432 g/mol. The van der Waals surface area contributed by atoms with E-state index in [1.807, 2.05) is 19.9 Å². The first-order valence-electron chi connectivity index (χ1n) is 8.39. The van der Waals surface area contributed by atoms with Crippen LogP contribution in [0.15, 0.2) is 46.9 Å². The molecule has 3 rings (SSSR count). The Morgan fingerprint density at radius 3 is 2.33 bits per heavy atom. The third kappa shape index (κ3) is 4.86. The Balaban J connectivity index is 1.75. The monoisotopic (exact) mass is 452 g/mol. The van der Waals surface area contributed by atoms with Gasteiger partial charge in [-0.05, 0) is 61.4 Å². The molecule has 2 unspecified atom stereocenters. The van der Waals surface area contributed by atoms with Gasteiger partial charge in [0, 0.05) is 22.4 Å². The minimum atomic E-state index is -3.83. The molecular formula is C18H21BrN4O3S. The molecule has 0 saturated carbocycles. The van der Waals surface area contributed by atoms with Gasteiger partial charge in [0.1, 0.15) is 0 Å². The number of carbonyl (C=O) groups is 1. The lowest BCUT2D eigenvalue weighted by Crippen LogP contribution is -2.45. The van der Waals surface area contributed by atoms with Gasteiger partial charge in [-0.1, -0.05) is 22.0 Å². The van der Waals surface area contributed by atoms with Gasteiger partial charge in [0.15, 0.2) is 5.37 Å². The summed E-state index contributed by atoms with van der Waals surface area (Å²) in [5.41, 5.74) is 8.47. The average Bonchev–Trinajstić information content (AvgIpc) is 3.06. The van der Waals surface area contributed by atoms with Gasteiger partial charge in [-0.15, -0.1) is 0 Å². The minimum absolute atomic E-state index is 0.209. The van der Waals surface area contributed by atoms with E-state index >= 15 is 0 Å². The van der Waals surface area contributed by atoms with Crippen LogP contribution in [0.25, 0.3) is 0 Å². The second-order valence-corrected chi connectivity index (χ2v) is 9.29. The largest absolute Gasteiger partial charge is 0.326 e. The first-order chi connectivity index (χ1) is 12.7. The zero-order valence-corrected chi connectivity index (χ0v) is 17.3. The van der Waals surface area contributed by atoms with Crippen LogP contribution in [0.3, 0.4) is 0 Å². The summed E-state index contributed by atoms with van der Waals surface area (Å²) in [6, 6.07) is 12.6. The summed E-state index contributed by atoms with van der Waals surface area (Å²) in [4.78, 5) is 12.6. The number of nitrogens with one attached hydrogen (secondary N) is 4. The smallest absolute Gasteiger partial charge is 0.250 e. The van der Waals surface area contributed by atoms with Crippen molar-refractivity contribution in [2.75, 3.05) is 16.6 Å². The standard InChI is InChI=1S/C18H21BrN4O3S/c1-11-7-12(2)9-15(8-11)23-27(25,26)18-16(10-20-22-18)17(24)21-14-5-3-13(19)4-6-14/h3-9,16,18,20,22-23H,10H2,1-2H3,(H,21,24). The summed E-state index contributed by atoms with van der Waals surface area (Å²) in [6.45, 7) is 4.00. The number of amides is 1. The van der Waals surface area contributed by atoms with E-state index in [0.29, 0.717) is 11.4 Å². The fraction of sp³-hybridized carbons (Fsp3) is 0.278. The summed E-state index contributed by atoms with van der Waals surface area (Å²) in [6.07, 6.45) is 0. The zero-order valence-electron chi connectivity index (χ0n) is 14.9. The molecule has 4 N–H and O–H groups in total. The maximum absolute atomic E-state index is 12.8. The summed E-state index contributed by atoms with van der Waals surface area (Å²) >= 11 is 3.33. The Kier molecular flexibility index (Phi) is 5.85. The molecule has 2 atom stereocenters. The molecule has 27 heavy (non-hydrogen) atoms. The molecule has 144 valence electrons. The normalized spacial score (nSPS) is 19.7. The summed E-state index contributed by atoms with van der Waals surface area (Å²) < 4.78 is 29.1. The Hall–Kier alpha value is -1.94. The summed E-state index contributed by atoms with van der Waals surface area (Å²) in [5, 5.41) is 1.67. The van der Waals surface area contributed by atoms with Crippen LogP contribution < -0.4 is 20.9 Å². The van der Waals surface area contributed by atoms with E-state index in [4.69, 9.17) is 0 Å². The predicted octanol–water partition coefficient (Wildman–Crippen LogP) is 2.50. The number of aryl methyl sites for hydroxylation is 2. The van der Waals surface area contributed by atoms with Gasteiger partial charge in [-0.2, -0.15) is 0 Å². The Morgan fingerprint density at radius 2 is 1.70 bits per heavy atom. The number of halogens is 1. The lowest BCUT2D eigenvalue weighted by atomic mass is 10.1. The Bertz CT molecular complexity index is 927. The molecule has 1 aliphatic heterocycles. The molecule has 0 aliphatic carbocycles. The van der Waals surface area contributed by atoms with Crippen LogP contribution in [0.4, 0.5) is 11.4 Å². The predicted molar refractivity (Wildman–Crippen MR) is 110 cm³/mol. The van der Waals surface area contributed by atoms with E-state index in [1.165, 1.54) is 0 Å². The number of benzene rings is 2. The van der Waals surface area contributed by atoms with E-state index in [1.54, 1.807) is 36.4 Å². The summed E-state index contributed by atoms with van der Waals surface area (Å²) in [5.74, 6) is -1.15. The molecule has 1 aliphatic rings. The molecule has 1 amide bonds. The topological polar surface area (TPSA) is 99.3 Å². The molecule has 2 aromatic rings. The van der Waals surface area contributed by atoms with Crippen molar-refractivity contribution in [1.82, 2.24) is 10.9 Å². The molecule has 2 aromatic carbocycles. The third-order valence-corrected chi connectivity index (χ3v) is 6.36. The van der Waals surface area contributed by atoms with E-state index in [9.17, 15) is 13.2 Å². The van der Waals surface area contributed by atoms with Gasteiger partial charge in [-0.3, -0.25) is 14.9 Å². The fourth-order valence-electron chi connectivity index (χ4n) is 3.03. The van der Waals surface area contributed by atoms with Crippen molar-refractivity contribution >= 4 is 43.2 Å². The maximum atomic E-state index is 12.8. The number of hydrogen-bond donors (Lipinski definition) is 4. The van der Waals surface area contributed by atoms with Gasteiger partial charge < -0.3 is 5.32 Å². The number of hydrogen-bond acceptors (Lipinski definition) is 5. The molecule has 0 aromatic heterocycles. The van der Waals surface area contributed by atoms with Crippen molar-refractivity contribution in [3.05, 3.63) is 58.1 Å². The van der Waals surface area contributed by atoms with Gasteiger partial charge in [0.05, 0.1) is 5.92 Å². The van der Waals surface area contributed by atoms with Crippen LogP contribution in [0.2, 0.25) is 0 Å². The Morgan fingerprint density at radius 1 is 1.07 bits per heavy atom. The number of sulfonamides is 1. The molecule has 0 bridgehead atoms. The van der Waals surface area contributed by atoms with E-state index < -0.39 is 21.3 Å². The molecule has 0 spiro atoms. The molecule has 1 fully saturated rings. The number of carbonyl (C=O) groups excluding carboxylic acids is 1. The molecule has 7 nitrogen and oxygen atoms in total. The molecule has 0 radical (unpaired) electrons. The van der Waals surface area contributed by atoms with Crippen molar-refractivity contribution in [3.8, 4) is 0 Å². The van der Waals surface area contributed by atoms with Crippen LogP contribution in [0.1, 0.15) is 11.1 Å². The highest BCUT2D eigenvalue weighted by Crippen LogP contribution is 2.22. The van der Waals surface area contributed by atoms with Crippen molar-refractivity contribution in [1.29, 1.82) is 0 Å². The molecule has 9 heteroatoms. The SMILES string of the molecule is Cc1cc(C)cc(NS(=O)(=O)C2NNCC2C(=O)Nc2ccc(Br)cc2)c1. The summed E-state index contributed by atoms with van der Waals surface area (Å²) in [7, 11) is -3.83. The van der Waals surface area contributed by atoms with E-state index in [-0.39, 0.29) is 12.5 Å². The number of hydrazine groups is 1. The van der Waals surface area contributed by atoms with Crippen molar-refractivity contribution < 1.29 is 13.2 Å². The van der Waals surface area contributed by atoms with Crippen molar-refractivity contribution in [2.45, 2.75) is 19.2 Å². The maximum Gasteiger partial charge on any atom is 0.250 e. The second-order valence-electron chi connectivity index (χ2n) is 6.57. The van der Waals surface area contributed by atoms with E-state index in [2.05, 4.69) is 36.8 Å². The fourth-order valence-corrected chi connectivity index (χ4v) is 4.76. The van der Waals surface area contributed by atoms with Gasteiger partial charge in [0.2, 0.25) is 5.91 Å². The van der Waals surface area contributed by atoms with Gasteiger partial charge in [-0.25, -0.2) is 13.8 Å². The van der Waals surface area contributed by atoms with Crippen molar-refractivity contribution in [3.63, 3.8) is 0 Å². The number of rotatable bonds is 5. The van der Waals surface area contributed by atoms with Gasteiger partial charge >= 0.3 is 0 Å². The van der Waals surface area contributed by atoms with Crippen molar-refractivity contribution in [2.24, 2.45) is 5.92 Å². The first-order valence-corrected chi connectivity index (χ1v) is 10.7.